The van der Waals surface area contributed by atoms with Gasteiger partial charge in [0.1, 0.15) is 18.1 Å². The van der Waals surface area contributed by atoms with Gasteiger partial charge in [0.25, 0.3) is 0 Å². The molecule has 1 aromatic heterocycles. The minimum atomic E-state index is -0.999. The van der Waals surface area contributed by atoms with Crippen LogP contribution in [0.2, 0.25) is 10.0 Å². The first kappa shape index (κ1) is 14.8. The van der Waals surface area contributed by atoms with Crippen LogP contribution in [0.1, 0.15) is 16.1 Å². The summed E-state index contributed by atoms with van der Waals surface area (Å²) < 4.78 is 5.70. The van der Waals surface area contributed by atoms with Crippen LogP contribution in [0, 0.1) is 0 Å². The van der Waals surface area contributed by atoms with Gasteiger partial charge in [0.15, 0.2) is 0 Å². The summed E-state index contributed by atoms with van der Waals surface area (Å²) in [5.41, 5.74) is 1.59. The molecule has 0 amide bonds. The number of carboxylic acids is 1. The highest BCUT2D eigenvalue weighted by molar-refractivity contribution is 6.35. The Kier molecular flexibility index (Phi) is 3.96. The summed E-state index contributed by atoms with van der Waals surface area (Å²) in [5, 5.41) is 10.8. The van der Waals surface area contributed by atoms with Crippen molar-refractivity contribution in [1.29, 1.82) is 0 Å². The number of hydrogen-bond acceptors (Lipinski definition) is 2. The molecule has 0 atom stereocenters. The third kappa shape index (κ3) is 2.89. The number of halogens is 2. The molecule has 0 radical (unpaired) electrons. The van der Waals surface area contributed by atoms with Crippen LogP contribution in [0.15, 0.2) is 42.5 Å². The van der Waals surface area contributed by atoms with Gasteiger partial charge < -0.3 is 14.8 Å². The summed E-state index contributed by atoms with van der Waals surface area (Å²) in [7, 11) is 0. The van der Waals surface area contributed by atoms with E-state index in [-0.39, 0.29) is 12.3 Å². The van der Waals surface area contributed by atoms with E-state index in [2.05, 4.69) is 4.98 Å². The van der Waals surface area contributed by atoms with E-state index in [1.807, 2.05) is 0 Å². The van der Waals surface area contributed by atoms with Crippen molar-refractivity contribution in [1.82, 2.24) is 4.98 Å². The topological polar surface area (TPSA) is 62.3 Å². The predicted molar refractivity (Wildman–Crippen MR) is 86.1 cm³/mol. The number of benzene rings is 2. The molecule has 4 nitrogen and oxygen atoms in total. The number of carboxylic acid groups (broad SMARTS) is 1. The molecule has 1 heterocycles. The zero-order valence-electron chi connectivity index (χ0n) is 11.3. The number of aromatic carboxylic acids is 1. The fourth-order valence-electron chi connectivity index (χ4n) is 2.14. The Labute approximate surface area is 136 Å². The maximum Gasteiger partial charge on any atom is 0.352 e. The lowest BCUT2D eigenvalue weighted by molar-refractivity contribution is 0.0691. The number of carbonyl (C=O) groups is 1. The Balaban J connectivity index is 1.83. The third-order valence-electron chi connectivity index (χ3n) is 3.27. The van der Waals surface area contributed by atoms with Crippen molar-refractivity contribution < 1.29 is 14.6 Å². The quantitative estimate of drug-likeness (QED) is 0.723. The van der Waals surface area contributed by atoms with Crippen LogP contribution in [-0.2, 0) is 6.61 Å². The molecule has 6 heteroatoms. The Morgan fingerprint density at radius 2 is 1.86 bits per heavy atom. The van der Waals surface area contributed by atoms with Crippen molar-refractivity contribution in [2.24, 2.45) is 0 Å². The van der Waals surface area contributed by atoms with Gasteiger partial charge in [-0.15, -0.1) is 0 Å². The monoisotopic (exact) mass is 335 g/mol. The lowest BCUT2D eigenvalue weighted by Crippen LogP contribution is -1.97. The van der Waals surface area contributed by atoms with E-state index in [1.165, 1.54) is 0 Å². The molecule has 22 heavy (non-hydrogen) atoms. The number of fused-ring (bicyclic) bond motifs is 1. The average molecular weight is 336 g/mol. The predicted octanol–water partition coefficient (Wildman–Crippen LogP) is 4.75. The fraction of sp³-hybridized carbons (Fsp3) is 0.0625. The van der Waals surface area contributed by atoms with Crippen molar-refractivity contribution in [3.63, 3.8) is 0 Å². The van der Waals surface area contributed by atoms with Gasteiger partial charge in [-0.05, 0) is 36.4 Å². The van der Waals surface area contributed by atoms with E-state index in [1.54, 1.807) is 42.5 Å². The number of rotatable bonds is 4. The highest BCUT2D eigenvalue weighted by Gasteiger charge is 2.09. The molecule has 2 N–H and O–H groups in total. The van der Waals surface area contributed by atoms with Gasteiger partial charge >= 0.3 is 5.97 Å². The van der Waals surface area contributed by atoms with Crippen molar-refractivity contribution in [2.75, 3.05) is 0 Å². The smallest absolute Gasteiger partial charge is 0.352 e. The van der Waals surface area contributed by atoms with Crippen LogP contribution in [0.5, 0.6) is 5.75 Å². The highest BCUT2D eigenvalue weighted by atomic mass is 35.5. The Hall–Kier alpha value is -2.17. The number of H-pyrrole nitrogens is 1. The molecule has 0 aliphatic rings. The molecule has 3 aromatic rings. The summed E-state index contributed by atoms with van der Waals surface area (Å²) in [4.78, 5) is 13.8. The standard InChI is InChI=1S/C16H11Cl2NO3/c17-12-2-1-3-13(18)11(12)8-22-10-4-5-14-9(6-10)7-15(19-14)16(20)21/h1-7,19H,8H2,(H,20,21). The molecule has 0 saturated heterocycles. The Morgan fingerprint density at radius 1 is 1.14 bits per heavy atom. The second kappa shape index (κ2) is 5.91. The van der Waals surface area contributed by atoms with E-state index in [4.69, 9.17) is 33.0 Å². The van der Waals surface area contributed by atoms with Gasteiger partial charge in [0.2, 0.25) is 0 Å². The molecule has 112 valence electrons. The number of hydrogen-bond donors (Lipinski definition) is 2. The summed E-state index contributed by atoms with van der Waals surface area (Å²) in [6.07, 6.45) is 0. The lowest BCUT2D eigenvalue weighted by Gasteiger charge is -2.09. The van der Waals surface area contributed by atoms with Crippen LogP contribution >= 0.6 is 23.2 Å². The van der Waals surface area contributed by atoms with Gasteiger partial charge in [0, 0.05) is 26.5 Å². The van der Waals surface area contributed by atoms with E-state index in [0.29, 0.717) is 21.4 Å². The first-order chi connectivity index (χ1) is 10.5. The maximum absolute atomic E-state index is 10.9. The van der Waals surface area contributed by atoms with Gasteiger partial charge in [-0.2, -0.15) is 0 Å². The number of ether oxygens (including phenoxy) is 1. The molecule has 0 bridgehead atoms. The molecular formula is C16H11Cl2NO3. The summed E-state index contributed by atoms with van der Waals surface area (Å²) in [6, 6.07) is 12.1. The molecule has 0 fully saturated rings. The normalized spacial score (nSPS) is 10.8. The molecule has 0 saturated carbocycles. The van der Waals surface area contributed by atoms with Gasteiger partial charge in [-0.3, -0.25) is 0 Å². The van der Waals surface area contributed by atoms with Crippen molar-refractivity contribution in [3.8, 4) is 5.75 Å². The maximum atomic E-state index is 10.9. The second-order valence-electron chi connectivity index (χ2n) is 4.73. The number of aromatic amines is 1. The second-order valence-corrected chi connectivity index (χ2v) is 5.54. The Bertz CT molecular complexity index is 837. The van der Waals surface area contributed by atoms with Gasteiger partial charge in [-0.25, -0.2) is 4.79 Å². The van der Waals surface area contributed by atoms with Crippen molar-refractivity contribution >= 4 is 40.1 Å². The van der Waals surface area contributed by atoms with Crippen LogP contribution in [0.4, 0.5) is 0 Å². The summed E-state index contributed by atoms with van der Waals surface area (Å²) in [6.45, 7) is 0.236. The SMILES string of the molecule is O=C(O)c1cc2cc(OCc3c(Cl)cccc3Cl)ccc2[nH]1. The van der Waals surface area contributed by atoms with E-state index in [9.17, 15) is 4.79 Å². The Morgan fingerprint density at radius 3 is 2.55 bits per heavy atom. The molecule has 0 unspecified atom stereocenters. The minimum absolute atomic E-state index is 0.140. The fourth-order valence-corrected chi connectivity index (χ4v) is 2.65. The van der Waals surface area contributed by atoms with Crippen LogP contribution < -0.4 is 4.74 Å². The van der Waals surface area contributed by atoms with E-state index >= 15 is 0 Å². The van der Waals surface area contributed by atoms with Gasteiger partial charge in [0.05, 0.1) is 0 Å². The van der Waals surface area contributed by atoms with Crippen LogP contribution in [-0.4, -0.2) is 16.1 Å². The molecule has 0 aliphatic heterocycles. The molecular weight excluding hydrogens is 325 g/mol. The van der Waals surface area contributed by atoms with E-state index < -0.39 is 5.97 Å². The molecule has 0 aliphatic carbocycles. The third-order valence-corrected chi connectivity index (χ3v) is 3.98. The number of nitrogens with one attached hydrogen (secondary N) is 1. The van der Waals surface area contributed by atoms with Crippen LogP contribution in [0.3, 0.4) is 0 Å². The van der Waals surface area contributed by atoms with Gasteiger partial charge in [-0.1, -0.05) is 29.3 Å². The average Bonchev–Trinajstić information content (AvgIpc) is 2.90. The molecule has 3 rings (SSSR count). The molecule has 2 aromatic carbocycles. The zero-order chi connectivity index (χ0) is 15.7. The lowest BCUT2D eigenvalue weighted by atomic mass is 10.2. The van der Waals surface area contributed by atoms with Crippen molar-refractivity contribution in [3.05, 3.63) is 63.8 Å². The first-order valence-corrected chi connectivity index (χ1v) is 7.22. The van der Waals surface area contributed by atoms with Crippen LogP contribution in [0.25, 0.3) is 10.9 Å². The zero-order valence-corrected chi connectivity index (χ0v) is 12.8. The first-order valence-electron chi connectivity index (χ1n) is 6.46. The largest absolute Gasteiger partial charge is 0.489 e. The van der Waals surface area contributed by atoms with Crippen molar-refractivity contribution in [2.45, 2.75) is 6.61 Å². The highest BCUT2D eigenvalue weighted by Crippen LogP contribution is 2.27. The van der Waals surface area contributed by atoms with E-state index in [0.717, 1.165) is 10.9 Å². The molecule has 0 spiro atoms. The number of aromatic nitrogens is 1. The minimum Gasteiger partial charge on any atom is -0.489 e. The summed E-state index contributed by atoms with van der Waals surface area (Å²) >= 11 is 12.2. The summed E-state index contributed by atoms with van der Waals surface area (Å²) in [5.74, 6) is -0.388.